The van der Waals surface area contributed by atoms with Crippen molar-refractivity contribution in [2.24, 2.45) is 5.92 Å². The third-order valence-electron chi connectivity index (χ3n) is 5.89. The molecule has 0 unspecified atom stereocenters. The van der Waals surface area contributed by atoms with E-state index < -0.39 is 19.9 Å². The number of fused-ring (bicyclic) bond motifs is 1. The first-order valence-corrected chi connectivity index (χ1v) is 14.6. The number of aryl methyl sites for hydroxylation is 2. The minimum absolute atomic E-state index is 0.0398. The van der Waals surface area contributed by atoms with Crippen molar-refractivity contribution < 1.29 is 21.6 Å². The van der Waals surface area contributed by atoms with Gasteiger partial charge in [0.2, 0.25) is 15.9 Å². The van der Waals surface area contributed by atoms with Crippen LogP contribution in [0.5, 0.6) is 0 Å². The second kappa shape index (κ2) is 8.79. The van der Waals surface area contributed by atoms with Crippen LogP contribution in [0.4, 0.5) is 5.13 Å². The Hall–Kier alpha value is -2.34. The predicted octanol–water partition coefficient (Wildman–Crippen LogP) is 3.36. The molecule has 2 heterocycles. The number of amides is 1. The van der Waals surface area contributed by atoms with Crippen LogP contribution in [0.25, 0.3) is 10.2 Å². The molecule has 8 nitrogen and oxygen atoms in total. The van der Waals surface area contributed by atoms with Gasteiger partial charge in [-0.25, -0.2) is 21.8 Å². The second-order valence-electron chi connectivity index (χ2n) is 8.31. The van der Waals surface area contributed by atoms with Crippen LogP contribution in [0.1, 0.15) is 24.0 Å². The van der Waals surface area contributed by atoms with Gasteiger partial charge >= 0.3 is 0 Å². The average Bonchev–Trinajstić information content (AvgIpc) is 3.21. The molecule has 0 radical (unpaired) electrons. The van der Waals surface area contributed by atoms with Crippen molar-refractivity contribution in [1.82, 2.24) is 9.29 Å². The zero-order valence-corrected chi connectivity index (χ0v) is 21.0. The van der Waals surface area contributed by atoms with Crippen molar-refractivity contribution in [2.75, 3.05) is 24.7 Å². The molecule has 1 aliphatic rings. The fourth-order valence-corrected chi connectivity index (χ4v) is 7.00. The van der Waals surface area contributed by atoms with Crippen LogP contribution in [-0.4, -0.2) is 51.4 Å². The van der Waals surface area contributed by atoms with Crippen molar-refractivity contribution in [2.45, 2.75) is 36.5 Å². The van der Waals surface area contributed by atoms with Crippen LogP contribution in [0.2, 0.25) is 0 Å². The Balaban J connectivity index is 1.41. The summed E-state index contributed by atoms with van der Waals surface area (Å²) in [5.41, 5.74) is 3.05. The third kappa shape index (κ3) is 4.81. The summed E-state index contributed by atoms with van der Waals surface area (Å²) in [5.74, 6) is -0.461. The van der Waals surface area contributed by atoms with Gasteiger partial charge < -0.3 is 5.32 Å². The van der Waals surface area contributed by atoms with Crippen LogP contribution in [-0.2, 0) is 24.7 Å². The molecular formula is C22H25N3O5S3. The molecule has 3 aromatic rings. The van der Waals surface area contributed by atoms with Crippen molar-refractivity contribution in [1.29, 1.82) is 0 Å². The standard InChI is InChI=1S/C22H25N3O5S3/c1-14-4-5-15(2)20-19(14)23-22(31-20)24-21(26)16-10-12-25(13-11-16)33(29,30)18-8-6-17(7-9-18)32(3,27)28/h4-9,16H,10-13H2,1-3H3,(H,23,24,26). The zero-order valence-electron chi connectivity index (χ0n) is 18.5. The maximum Gasteiger partial charge on any atom is 0.243 e. The number of anilines is 1. The summed E-state index contributed by atoms with van der Waals surface area (Å²) in [5, 5.41) is 3.45. The summed E-state index contributed by atoms with van der Waals surface area (Å²) >= 11 is 1.44. The van der Waals surface area contributed by atoms with Gasteiger partial charge in [0.1, 0.15) is 0 Å². The first-order valence-electron chi connectivity index (χ1n) is 10.4. The molecule has 1 aliphatic heterocycles. The first kappa shape index (κ1) is 23.8. The van der Waals surface area contributed by atoms with E-state index in [-0.39, 0.29) is 34.7 Å². The normalized spacial score (nSPS) is 16.2. The van der Waals surface area contributed by atoms with E-state index >= 15 is 0 Å². The van der Waals surface area contributed by atoms with Crippen LogP contribution in [0.15, 0.2) is 46.2 Å². The van der Waals surface area contributed by atoms with Crippen molar-refractivity contribution in [3.63, 3.8) is 0 Å². The maximum atomic E-state index is 12.9. The average molecular weight is 508 g/mol. The molecule has 1 aromatic heterocycles. The summed E-state index contributed by atoms with van der Waals surface area (Å²) in [4.78, 5) is 17.5. The summed E-state index contributed by atoms with van der Waals surface area (Å²) in [7, 11) is -7.17. The molecule has 1 N–H and O–H groups in total. The lowest BCUT2D eigenvalue weighted by molar-refractivity contribution is -0.120. The van der Waals surface area contributed by atoms with Crippen LogP contribution in [0, 0.1) is 19.8 Å². The number of aromatic nitrogens is 1. The highest BCUT2D eigenvalue weighted by atomic mass is 32.2. The Morgan fingerprint density at radius 1 is 0.970 bits per heavy atom. The molecule has 0 saturated carbocycles. The number of carbonyl (C=O) groups is 1. The molecule has 176 valence electrons. The second-order valence-corrected chi connectivity index (χ2v) is 13.3. The van der Waals surface area contributed by atoms with Gasteiger partial charge in [-0.1, -0.05) is 23.5 Å². The highest BCUT2D eigenvalue weighted by molar-refractivity contribution is 7.90. The summed E-state index contributed by atoms with van der Waals surface area (Å²) in [6, 6.07) is 9.25. The highest BCUT2D eigenvalue weighted by Gasteiger charge is 2.32. The molecular weight excluding hydrogens is 482 g/mol. The fourth-order valence-electron chi connectivity index (χ4n) is 3.89. The molecule has 2 aromatic carbocycles. The number of sulfone groups is 1. The van der Waals surface area contributed by atoms with E-state index in [1.165, 1.54) is 39.9 Å². The molecule has 0 aliphatic carbocycles. The van der Waals surface area contributed by atoms with E-state index in [9.17, 15) is 21.6 Å². The number of piperidine rings is 1. The number of hydrogen-bond acceptors (Lipinski definition) is 7. The Morgan fingerprint density at radius 3 is 2.12 bits per heavy atom. The Labute approximate surface area is 197 Å². The van der Waals surface area contributed by atoms with Gasteiger partial charge in [-0.05, 0) is 62.1 Å². The Kier molecular flexibility index (Phi) is 6.34. The molecule has 11 heteroatoms. The van der Waals surface area contributed by atoms with Crippen molar-refractivity contribution in [3.8, 4) is 0 Å². The smallest absolute Gasteiger partial charge is 0.243 e. The van der Waals surface area contributed by atoms with E-state index in [1.54, 1.807) is 0 Å². The van der Waals surface area contributed by atoms with Gasteiger partial charge in [-0.3, -0.25) is 4.79 Å². The van der Waals surface area contributed by atoms with Gasteiger partial charge in [-0.15, -0.1) is 0 Å². The van der Waals surface area contributed by atoms with Gasteiger partial charge in [0, 0.05) is 25.3 Å². The van der Waals surface area contributed by atoms with E-state index in [1.807, 2.05) is 26.0 Å². The first-order chi connectivity index (χ1) is 15.5. The van der Waals surface area contributed by atoms with Crippen LogP contribution >= 0.6 is 11.3 Å². The number of nitrogens with one attached hydrogen (secondary N) is 1. The lowest BCUT2D eigenvalue weighted by atomic mass is 9.97. The molecule has 0 spiro atoms. The summed E-state index contributed by atoms with van der Waals surface area (Å²) in [6.07, 6.45) is 1.87. The summed E-state index contributed by atoms with van der Waals surface area (Å²) in [6.45, 7) is 4.42. The number of sulfonamides is 1. The van der Waals surface area contributed by atoms with E-state index in [2.05, 4.69) is 10.3 Å². The SMILES string of the molecule is Cc1ccc(C)c2sc(NC(=O)C3CCN(S(=O)(=O)c4ccc(S(C)(=O)=O)cc4)CC3)nc12. The number of benzene rings is 2. The van der Waals surface area contributed by atoms with Gasteiger partial charge in [0.15, 0.2) is 15.0 Å². The molecule has 1 amide bonds. The number of hydrogen-bond donors (Lipinski definition) is 1. The monoisotopic (exact) mass is 507 g/mol. The Morgan fingerprint density at radius 2 is 1.55 bits per heavy atom. The van der Waals surface area contributed by atoms with Gasteiger partial charge in [-0.2, -0.15) is 4.31 Å². The molecule has 33 heavy (non-hydrogen) atoms. The van der Waals surface area contributed by atoms with Crippen LogP contribution in [0.3, 0.4) is 0 Å². The van der Waals surface area contributed by atoms with E-state index in [0.717, 1.165) is 27.6 Å². The number of thiazole rings is 1. The van der Waals surface area contributed by atoms with Crippen LogP contribution < -0.4 is 5.32 Å². The van der Waals surface area contributed by atoms with E-state index in [0.29, 0.717) is 18.0 Å². The quantitative estimate of drug-likeness (QED) is 0.567. The van der Waals surface area contributed by atoms with E-state index in [4.69, 9.17) is 0 Å². The van der Waals surface area contributed by atoms with Crippen molar-refractivity contribution in [3.05, 3.63) is 47.5 Å². The number of carbonyl (C=O) groups excluding carboxylic acids is 1. The predicted molar refractivity (Wildman–Crippen MR) is 129 cm³/mol. The molecule has 1 saturated heterocycles. The lowest BCUT2D eigenvalue weighted by Gasteiger charge is -2.30. The number of nitrogens with zero attached hydrogens (tertiary/aromatic N) is 2. The fraction of sp³-hybridized carbons (Fsp3) is 0.364. The Bertz CT molecular complexity index is 1380. The maximum absolute atomic E-state index is 12.9. The highest BCUT2D eigenvalue weighted by Crippen LogP contribution is 2.32. The van der Waals surface area contributed by atoms with Gasteiger partial charge in [0.05, 0.1) is 20.0 Å². The molecule has 4 rings (SSSR count). The largest absolute Gasteiger partial charge is 0.302 e. The van der Waals surface area contributed by atoms with Gasteiger partial charge in [0.25, 0.3) is 0 Å². The number of rotatable bonds is 5. The minimum Gasteiger partial charge on any atom is -0.302 e. The van der Waals surface area contributed by atoms with Crippen molar-refractivity contribution >= 4 is 52.5 Å². The molecule has 0 atom stereocenters. The lowest BCUT2D eigenvalue weighted by Crippen LogP contribution is -2.41. The topological polar surface area (TPSA) is 114 Å². The summed E-state index contributed by atoms with van der Waals surface area (Å²) < 4.78 is 51.5. The third-order valence-corrected chi connectivity index (χ3v) is 10.0. The zero-order chi connectivity index (χ0) is 24.0. The minimum atomic E-state index is -3.76. The molecule has 0 bridgehead atoms. The molecule has 1 fully saturated rings.